The fourth-order valence-corrected chi connectivity index (χ4v) is 2.56. The standard InChI is InChI=1S/C13H12ClN3O/c14-13-9-3-1-2-4-10(9)16-6-11(13)17-7-8(15)5-12(17)18/h1-4,6,8H,5,7,15H2. The lowest BCUT2D eigenvalue weighted by atomic mass is 10.2. The van der Waals surface area contributed by atoms with Crippen LogP contribution < -0.4 is 10.6 Å². The largest absolute Gasteiger partial charge is 0.326 e. The molecule has 92 valence electrons. The Bertz CT molecular complexity index is 629. The van der Waals surface area contributed by atoms with Gasteiger partial charge in [-0.3, -0.25) is 9.78 Å². The topological polar surface area (TPSA) is 59.2 Å². The Morgan fingerprint density at radius 2 is 2.17 bits per heavy atom. The fourth-order valence-electron chi connectivity index (χ4n) is 2.25. The minimum atomic E-state index is -0.125. The third-order valence-electron chi connectivity index (χ3n) is 3.14. The molecule has 3 rings (SSSR count). The summed E-state index contributed by atoms with van der Waals surface area (Å²) in [4.78, 5) is 17.8. The van der Waals surface area contributed by atoms with E-state index >= 15 is 0 Å². The number of benzene rings is 1. The van der Waals surface area contributed by atoms with Gasteiger partial charge in [0.1, 0.15) is 0 Å². The van der Waals surface area contributed by atoms with Crippen LogP contribution in [-0.4, -0.2) is 23.5 Å². The molecule has 1 saturated heterocycles. The normalized spacial score (nSPS) is 19.8. The molecular formula is C13H12ClN3O. The van der Waals surface area contributed by atoms with Crippen LogP contribution in [0.3, 0.4) is 0 Å². The van der Waals surface area contributed by atoms with Crippen LogP contribution >= 0.6 is 11.6 Å². The second kappa shape index (κ2) is 4.23. The molecule has 0 saturated carbocycles. The number of aromatic nitrogens is 1. The van der Waals surface area contributed by atoms with Crippen molar-refractivity contribution >= 4 is 34.1 Å². The molecule has 0 radical (unpaired) electrons. The van der Waals surface area contributed by atoms with Gasteiger partial charge in [-0.1, -0.05) is 29.8 Å². The van der Waals surface area contributed by atoms with E-state index < -0.39 is 0 Å². The number of hydrogen-bond acceptors (Lipinski definition) is 3. The van der Waals surface area contributed by atoms with E-state index in [-0.39, 0.29) is 11.9 Å². The summed E-state index contributed by atoms with van der Waals surface area (Å²) in [5.41, 5.74) is 7.26. The highest BCUT2D eigenvalue weighted by atomic mass is 35.5. The summed E-state index contributed by atoms with van der Waals surface area (Å²) in [5, 5.41) is 1.41. The maximum absolute atomic E-state index is 11.8. The number of pyridine rings is 1. The zero-order valence-corrected chi connectivity index (χ0v) is 10.4. The Hall–Kier alpha value is -1.65. The SMILES string of the molecule is NC1CC(=O)N(c2cnc3ccccc3c2Cl)C1. The molecule has 0 bridgehead atoms. The van der Waals surface area contributed by atoms with Crippen LogP contribution in [0.5, 0.6) is 0 Å². The number of nitrogens with two attached hydrogens (primary N) is 1. The number of halogens is 1. The second-order valence-electron chi connectivity index (χ2n) is 4.44. The van der Waals surface area contributed by atoms with E-state index in [4.69, 9.17) is 17.3 Å². The smallest absolute Gasteiger partial charge is 0.228 e. The highest BCUT2D eigenvalue weighted by Crippen LogP contribution is 2.33. The maximum atomic E-state index is 11.8. The minimum absolute atomic E-state index is 0.00137. The predicted molar refractivity (Wildman–Crippen MR) is 71.7 cm³/mol. The molecule has 1 aliphatic heterocycles. The molecule has 0 aliphatic carbocycles. The lowest BCUT2D eigenvalue weighted by Gasteiger charge is -2.18. The molecule has 1 fully saturated rings. The van der Waals surface area contributed by atoms with Crippen molar-refractivity contribution in [2.24, 2.45) is 5.73 Å². The maximum Gasteiger partial charge on any atom is 0.228 e. The summed E-state index contributed by atoms with van der Waals surface area (Å²) < 4.78 is 0. The highest BCUT2D eigenvalue weighted by Gasteiger charge is 2.29. The van der Waals surface area contributed by atoms with Gasteiger partial charge in [0.05, 0.1) is 22.4 Å². The predicted octanol–water partition coefficient (Wildman–Crippen LogP) is 1.95. The van der Waals surface area contributed by atoms with Crippen molar-refractivity contribution in [3.8, 4) is 0 Å². The van der Waals surface area contributed by atoms with Crippen LogP contribution in [0, 0.1) is 0 Å². The van der Waals surface area contributed by atoms with E-state index in [2.05, 4.69) is 4.98 Å². The van der Waals surface area contributed by atoms with Crippen LogP contribution in [0.4, 0.5) is 5.69 Å². The Balaban J connectivity index is 2.13. The monoisotopic (exact) mass is 261 g/mol. The summed E-state index contributed by atoms with van der Waals surface area (Å²) in [6.07, 6.45) is 2.00. The minimum Gasteiger partial charge on any atom is -0.326 e. The molecule has 1 aromatic heterocycles. The lowest BCUT2D eigenvalue weighted by molar-refractivity contribution is -0.117. The number of anilines is 1. The van der Waals surface area contributed by atoms with Gasteiger partial charge in [-0.2, -0.15) is 0 Å². The van der Waals surface area contributed by atoms with Crippen LogP contribution in [0.2, 0.25) is 5.02 Å². The Morgan fingerprint density at radius 3 is 2.89 bits per heavy atom. The Kier molecular flexibility index (Phi) is 2.69. The summed E-state index contributed by atoms with van der Waals surface area (Å²) in [7, 11) is 0. The first kappa shape index (κ1) is 11.4. The number of fused-ring (bicyclic) bond motifs is 1. The van der Waals surface area contributed by atoms with E-state index in [9.17, 15) is 4.79 Å². The molecule has 1 atom stereocenters. The first-order chi connectivity index (χ1) is 8.66. The van der Waals surface area contributed by atoms with Gasteiger partial charge in [0.2, 0.25) is 5.91 Å². The molecule has 2 aromatic rings. The van der Waals surface area contributed by atoms with Crippen LogP contribution in [0.1, 0.15) is 6.42 Å². The number of carbonyl (C=O) groups is 1. The number of amides is 1. The van der Waals surface area contributed by atoms with Crippen LogP contribution in [-0.2, 0) is 4.79 Å². The number of rotatable bonds is 1. The van der Waals surface area contributed by atoms with E-state index in [0.717, 1.165) is 10.9 Å². The molecule has 1 aromatic carbocycles. The fraction of sp³-hybridized carbons (Fsp3) is 0.231. The average Bonchev–Trinajstić information content (AvgIpc) is 2.69. The first-order valence-electron chi connectivity index (χ1n) is 5.76. The number of hydrogen-bond donors (Lipinski definition) is 1. The molecule has 1 aliphatic rings. The zero-order valence-electron chi connectivity index (χ0n) is 9.64. The summed E-state index contributed by atoms with van der Waals surface area (Å²) in [6, 6.07) is 7.47. The lowest BCUT2D eigenvalue weighted by Crippen LogP contribution is -2.28. The molecule has 18 heavy (non-hydrogen) atoms. The van der Waals surface area contributed by atoms with Crippen molar-refractivity contribution in [2.45, 2.75) is 12.5 Å². The average molecular weight is 262 g/mol. The van der Waals surface area contributed by atoms with Gasteiger partial charge >= 0.3 is 0 Å². The van der Waals surface area contributed by atoms with Crippen molar-refractivity contribution in [3.63, 3.8) is 0 Å². The third-order valence-corrected chi connectivity index (χ3v) is 3.53. The summed E-state index contributed by atoms with van der Waals surface area (Å²) in [6.45, 7) is 0.499. The van der Waals surface area contributed by atoms with Crippen LogP contribution in [0.15, 0.2) is 30.5 Å². The molecule has 2 heterocycles. The molecule has 1 unspecified atom stereocenters. The second-order valence-corrected chi connectivity index (χ2v) is 4.82. The Morgan fingerprint density at radius 1 is 1.39 bits per heavy atom. The van der Waals surface area contributed by atoms with Crippen LogP contribution in [0.25, 0.3) is 10.9 Å². The van der Waals surface area contributed by atoms with Gasteiger partial charge in [-0.15, -0.1) is 0 Å². The highest BCUT2D eigenvalue weighted by molar-refractivity contribution is 6.38. The molecule has 1 amide bonds. The zero-order chi connectivity index (χ0) is 12.7. The number of carbonyl (C=O) groups excluding carboxylic acids is 1. The van der Waals surface area contributed by atoms with E-state index in [0.29, 0.717) is 23.7 Å². The van der Waals surface area contributed by atoms with Crippen molar-refractivity contribution in [3.05, 3.63) is 35.5 Å². The molecule has 5 heteroatoms. The number of nitrogens with zero attached hydrogens (tertiary/aromatic N) is 2. The van der Waals surface area contributed by atoms with Gasteiger partial charge < -0.3 is 10.6 Å². The first-order valence-corrected chi connectivity index (χ1v) is 6.14. The van der Waals surface area contributed by atoms with Crippen molar-refractivity contribution in [2.75, 3.05) is 11.4 Å². The van der Waals surface area contributed by atoms with E-state index in [1.807, 2.05) is 24.3 Å². The van der Waals surface area contributed by atoms with Crippen molar-refractivity contribution in [1.29, 1.82) is 0 Å². The Labute approximate surface area is 109 Å². The molecular weight excluding hydrogens is 250 g/mol. The quantitative estimate of drug-likeness (QED) is 0.854. The summed E-state index contributed by atoms with van der Waals surface area (Å²) in [5.74, 6) is 0.00137. The van der Waals surface area contributed by atoms with Crippen molar-refractivity contribution in [1.82, 2.24) is 4.98 Å². The van der Waals surface area contributed by atoms with E-state index in [1.54, 1.807) is 11.1 Å². The van der Waals surface area contributed by atoms with Gasteiger partial charge in [0.15, 0.2) is 0 Å². The van der Waals surface area contributed by atoms with E-state index in [1.165, 1.54) is 0 Å². The van der Waals surface area contributed by atoms with Gasteiger partial charge in [0.25, 0.3) is 0 Å². The molecule has 0 spiro atoms. The molecule has 2 N–H and O–H groups in total. The van der Waals surface area contributed by atoms with Gasteiger partial charge in [0, 0.05) is 24.4 Å². The van der Waals surface area contributed by atoms with Gasteiger partial charge in [-0.05, 0) is 6.07 Å². The van der Waals surface area contributed by atoms with Gasteiger partial charge in [-0.25, -0.2) is 0 Å². The molecule has 4 nitrogen and oxygen atoms in total. The van der Waals surface area contributed by atoms with Crippen molar-refractivity contribution < 1.29 is 4.79 Å². The summed E-state index contributed by atoms with van der Waals surface area (Å²) >= 11 is 6.36. The number of para-hydroxylation sites is 1. The third kappa shape index (κ3) is 1.74.